The molecule has 1 saturated heterocycles. The maximum atomic E-state index is 5.78. The Morgan fingerprint density at radius 3 is 2.10 bits per heavy atom. The number of likely N-dealkylation sites (tertiary alicyclic amines) is 1. The van der Waals surface area contributed by atoms with Crippen LogP contribution in [-0.4, -0.2) is 51.0 Å². The first-order chi connectivity index (χ1) is 9.66. The highest BCUT2D eigenvalue weighted by Crippen LogP contribution is 2.49. The largest absolute Gasteiger partial charge is 0.399 e. The second kappa shape index (κ2) is 5.35. The molecule has 0 spiro atoms. The molecule has 1 heterocycles. The molecule has 1 saturated carbocycles. The van der Waals surface area contributed by atoms with Gasteiger partial charge in [-0.15, -0.1) is 0 Å². The SMILES string of the molecule is COC1CN(CC2(c3ccc(N)cc3)CC2)CC1OC. The molecule has 1 aliphatic heterocycles. The van der Waals surface area contributed by atoms with Crippen LogP contribution in [0.2, 0.25) is 0 Å². The quantitative estimate of drug-likeness (QED) is 0.831. The van der Waals surface area contributed by atoms with Crippen LogP contribution in [0.15, 0.2) is 24.3 Å². The molecule has 0 amide bonds. The number of anilines is 1. The van der Waals surface area contributed by atoms with Crippen LogP contribution in [-0.2, 0) is 14.9 Å². The van der Waals surface area contributed by atoms with Gasteiger partial charge in [0.15, 0.2) is 0 Å². The van der Waals surface area contributed by atoms with Crippen molar-refractivity contribution in [3.8, 4) is 0 Å². The van der Waals surface area contributed by atoms with Crippen LogP contribution in [0, 0.1) is 0 Å². The number of ether oxygens (including phenoxy) is 2. The van der Waals surface area contributed by atoms with Gasteiger partial charge in [-0.3, -0.25) is 4.90 Å². The van der Waals surface area contributed by atoms with Crippen molar-refractivity contribution in [1.29, 1.82) is 0 Å². The zero-order valence-electron chi connectivity index (χ0n) is 12.3. The van der Waals surface area contributed by atoms with Crippen LogP contribution >= 0.6 is 0 Å². The first-order valence-electron chi connectivity index (χ1n) is 7.31. The van der Waals surface area contributed by atoms with Crippen molar-refractivity contribution in [2.75, 3.05) is 39.6 Å². The molecule has 2 N–H and O–H groups in total. The van der Waals surface area contributed by atoms with Gasteiger partial charge in [0.25, 0.3) is 0 Å². The normalized spacial score (nSPS) is 28.7. The standard InChI is InChI=1S/C16H24N2O2/c1-19-14-9-18(10-15(14)20-2)11-16(7-8-16)12-3-5-13(17)6-4-12/h3-6,14-15H,7-11,17H2,1-2H3. The van der Waals surface area contributed by atoms with E-state index >= 15 is 0 Å². The van der Waals surface area contributed by atoms with E-state index in [4.69, 9.17) is 15.2 Å². The van der Waals surface area contributed by atoms with Gasteiger partial charge >= 0.3 is 0 Å². The zero-order chi connectivity index (χ0) is 14.2. The van der Waals surface area contributed by atoms with Crippen molar-refractivity contribution >= 4 is 5.69 Å². The van der Waals surface area contributed by atoms with Crippen LogP contribution in [0.3, 0.4) is 0 Å². The van der Waals surface area contributed by atoms with Crippen LogP contribution in [0.1, 0.15) is 18.4 Å². The predicted octanol–water partition coefficient (Wildman–Crippen LogP) is 1.65. The lowest BCUT2D eigenvalue weighted by molar-refractivity contribution is -0.00461. The fourth-order valence-electron chi connectivity index (χ4n) is 3.35. The molecule has 2 fully saturated rings. The highest BCUT2D eigenvalue weighted by Gasteiger charge is 2.47. The molecule has 2 aliphatic rings. The van der Waals surface area contributed by atoms with Gasteiger partial charge in [0, 0.05) is 45.0 Å². The van der Waals surface area contributed by atoms with Gasteiger partial charge in [-0.2, -0.15) is 0 Å². The molecule has 0 radical (unpaired) electrons. The molecule has 3 rings (SSSR count). The van der Waals surface area contributed by atoms with Crippen molar-refractivity contribution in [1.82, 2.24) is 4.90 Å². The number of benzene rings is 1. The second-order valence-corrected chi connectivity index (χ2v) is 6.14. The van der Waals surface area contributed by atoms with E-state index in [-0.39, 0.29) is 12.2 Å². The predicted molar refractivity (Wildman–Crippen MR) is 79.8 cm³/mol. The van der Waals surface area contributed by atoms with Gasteiger partial charge in [0.1, 0.15) is 0 Å². The van der Waals surface area contributed by atoms with E-state index in [1.807, 2.05) is 12.1 Å². The monoisotopic (exact) mass is 276 g/mol. The summed E-state index contributed by atoms with van der Waals surface area (Å²) in [5.41, 5.74) is 8.37. The van der Waals surface area contributed by atoms with E-state index < -0.39 is 0 Å². The number of nitrogens with zero attached hydrogens (tertiary/aromatic N) is 1. The summed E-state index contributed by atoms with van der Waals surface area (Å²) in [6, 6.07) is 8.38. The molecule has 110 valence electrons. The molecule has 0 bridgehead atoms. The van der Waals surface area contributed by atoms with E-state index in [9.17, 15) is 0 Å². The third-order valence-corrected chi connectivity index (χ3v) is 4.80. The third kappa shape index (κ3) is 2.55. The van der Waals surface area contributed by atoms with E-state index in [1.165, 1.54) is 18.4 Å². The Balaban J connectivity index is 1.67. The number of rotatable bonds is 5. The molecule has 1 aromatic carbocycles. The molecule has 1 aromatic rings. The van der Waals surface area contributed by atoms with Crippen LogP contribution in [0.25, 0.3) is 0 Å². The summed E-state index contributed by atoms with van der Waals surface area (Å²) >= 11 is 0. The highest BCUT2D eigenvalue weighted by atomic mass is 16.5. The summed E-state index contributed by atoms with van der Waals surface area (Å²) in [5, 5.41) is 0. The molecular weight excluding hydrogens is 252 g/mol. The lowest BCUT2D eigenvalue weighted by Gasteiger charge is -2.23. The molecule has 20 heavy (non-hydrogen) atoms. The number of hydrogen-bond donors (Lipinski definition) is 1. The van der Waals surface area contributed by atoms with Gasteiger partial charge in [0.2, 0.25) is 0 Å². The first kappa shape index (κ1) is 13.9. The van der Waals surface area contributed by atoms with Crippen LogP contribution < -0.4 is 5.73 Å². The van der Waals surface area contributed by atoms with Gasteiger partial charge in [-0.1, -0.05) is 12.1 Å². The molecule has 0 aromatic heterocycles. The molecule has 1 aliphatic carbocycles. The van der Waals surface area contributed by atoms with E-state index in [1.54, 1.807) is 14.2 Å². The molecule has 4 nitrogen and oxygen atoms in total. The fourth-order valence-corrected chi connectivity index (χ4v) is 3.35. The van der Waals surface area contributed by atoms with Gasteiger partial charge in [0.05, 0.1) is 12.2 Å². The average Bonchev–Trinajstić information content (AvgIpc) is 3.12. The Hall–Kier alpha value is -1.10. The third-order valence-electron chi connectivity index (χ3n) is 4.80. The summed E-state index contributed by atoms with van der Waals surface area (Å²) in [6.45, 7) is 3.02. The van der Waals surface area contributed by atoms with E-state index in [2.05, 4.69) is 17.0 Å². The van der Waals surface area contributed by atoms with E-state index in [0.29, 0.717) is 5.41 Å². The number of nitrogen functional groups attached to an aromatic ring is 1. The van der Waals surface area contributed by atoms with E-state index in [0.717, 1.165) is 25.3 Å². The van der Waals surface area contributed by atoms with Crippen molar-refractivity contribution < 1.29 is 9.47 Å². The number of nitrogens with two attached hydrogens (primary N) is 1. The Morgan fingerprint density at radius 1 is 1.10 bits per heavy atom. The molecule has 4 heteroatoms. The minimum Gasteiger partial charge on any atom is -0.399 e. The summed E-state index contributed by atoms with van der Waals surface area (Å²) in [4.78, 5) is 2.48. The molecule has 2 unspecified atom stereocenters. The topological polar surface area (TPSA) is 47.7 Å². The molecular formula is C16H24N2O2. The van der Waals surface area contributed by atoms with Crippen LogP contribution in [0.5, 0.6) is 0 Å². The zero-order valence-corrected chi connectivity index (χ0v) is 12.3. The number of hydrogen-bond acceptors (Lipinski definition) is 4. The molecule has 2 atom stereocenters. The Morgan fingerprint density at radius 2 is 1.65 bits per heavy atom. The van der Waals surface area contributed by atoms with Gasteiger partial charge in [-0.05, 0) is 30.5 Å². The Kier molecular flexibility index (Phi) is 3.71. The maximum Gasteiger partial charge on any atom is 0.0971 e. The Labute approximate surface area is 120 Å². The Bertz CT molecular complexity index is 444. The maximum absolute atomic E-state index is 5.78. The fraction of sp³-hybridized carbons (Fsp3) is 0.625. The summed E-state index contributed by atoms with van der Waals surface area (Å²) in [6.07, 6.45) is 2.93. The van der Waals surface area contributed by atoms with Crippen molar-refractivity contribution in [3.05, 3.63) is 29.8 Å². The number of methoxy groups -OCH3 is 2. The van der Waals surface area contributed by atoms with Crippen molar-refractivity contribution in [2.45, 2.75) is 30.5 Å². The lowest BCUT2D eigenvalue weighted by atomic mass is 9.95. The smallest absolute Gasteiger partial charge is 0.0971 e. The van der Waals surface area contributed by atoms with Crippen molar-refractivity contribution in [2.24, 2.45) is 0 Å². The first-order valence-corrected chi connectivity index (χ1v) is 7.31. The highest BCUT2D eigenvalue weighted by molar-refractivity contribution is 5.43. The van der Waals surface area contributed by atoms with Gasteiger partial charge < -0.3 is 15.2 Å². The summed E-state index contributed by atoms with van der Waals surface area (Å²) in [7, 11) is 3.54. The summed E-state index contributed by atoms with van der Waals surface area (Å²) < 4.78 is 11.0. The van der Waals surface area contributed by atoms with Crippen LogP contribution in [0.4, 0.5) is 5.69 Å². The minimum absolute atomic E-state index is 0.196. The van der Waals surface area contributed by atoms with Gasteiger partial charge in [-0.25, -0.2) is 0 Å². The lowest BCUT2D eigenvalue weighted by Crippen LogP contribution is -2.32. The van der Waals surface area contributed by atoms with Crippen molar-refractivity contribution in [3.63, 3.8) is 0 Å². The second-order valence-electron chi connectivity index (χ2n) is 6.14. The summed E-state index contributed by atoms with van der Waals surface area (Å²) in [5.74, 6) is 0. The average molecular weight is 276 g/mol. The minimum atomic E-state index is 0.196.